The number of halogens is 2. The van der Waals surface area contributed by atoms with Gasteiger partial charge < -0.3 is 9.47 Å². The molecule has 1 aromatic rings. The van der Waals surface area contributed by atoms with Gasteiger partial charge in [0.05, 0.1) is 19.6 Å². The highest BCUT2D eigenvalue weighted by atomic mass is 79.9. The lowest BCUT2D eigenvalue weighted by atomic mass is 9.93. The van der Waals surface area contributed by atoms with Crippen molar-refractivity contribution < 1.29 is 9.47 Å². The molecule has 0 N–H and O–H groups in total. The Morgan fingerprint density at radius 1 is 1.28 bits per heavy atom. The molecule has 0 saturated heterocycles. The highest BCUT2D eigenvalue weighted by Crippen LogP contribution is 2.42. The lowest BCUT2D eigenvalue weighted by Gasteiger charge is -2.20. The SMILES string of the molecule is COc1ccc(C2=CC(Cl)CCC2)c(OC)c1Br. The highest BCUT2D eigenvalue weighted by molar-refractivity contribution is 9.10. The van der Waals surface area contributed by atoms with E-state index in [1.54, 1.807) is 14.2 Å². The van der Waals surface area contributed by atoms with Crippen LogP contribution in [0.15, 0.2) is 22.7 Å². The van der Waals surface area contributed by atoms with Crippen LogP contribution >= 0.6 is 27.5 Å². The fraction of sp³-hybridized carbons (Fsp3) is 0.429. The number of hydrogen-bond donors (Lipinski definition) is 0. The highest BCUT2D eigenvalue weighted by Gasteiger charge is 2.19. The van der Waals surface area contributed by atoms with Crippen LogP contribution in [0.4, 0.5) is 0 Å². The minimum Gasteiger partial charge on any atom is -0.495 e. The number of allylic oxidation sites excluding steroid dienone is 2. The third kappa shape index (κ3) is 2.67. The number of hydrogen-bond acceptors (Lipinski definition) is 2. The molecule has 1 aromatic carbocycles. The number of alkyl halides is 1. The van der Waals surface area contributed by atoms with Crippen molar-refractivity contribution in [2.45, 2.75) is 24.6 Å². The summed E-state index contributed by atoms with van der Waals surface area (Å²) in [6, 6.07) is 3.98. The molecule has 1 unspecified atom stereocenters. The molecule has 1 atom stereocenters. The third-order valence-electron chi connectivity index (χ3n) is 3.14. The molecule has 0 heterocycles. The molecular weight excluding hydrogens is 316 g/mol. The predicted molar refractivity (Wildman–Crippen MR) is 78.7 cm³/mol. The molecule has 0 bridgehead atoms. The maximum atomic E-state index is 6.20. The minimum atomic E-state index is 0.124. The molecule has 0 amide bonds. The van der Waals surface area contributed by atoms with Crippen LogP contribution in [-0.2, 0) is 0 Å². The van der Waals surface area contributed by atoms with Crippen molar-refractivity contribution in [3.63, 3.8) is 0 Å². The lowest BCUT2D eigenvalue weighted by Crippen LogP contribution is -2.04. The van der Waals surface area contributed by atoms with E-state index in [-0.39, 0.29) is 5.38 Å². The summed E-state index contributed by atoms with van der Waals surface area (Å²) in [5, 5.41) is 0.124. The van der Waals surface area contributed by atoms with E-state index in [1.807, 2.05) is 12.1 Å². The van der Waals surface area contributed by atoms with Crippen LogP contribution in [0.1, 0.15) is 24.8 Å². The first-order chi connectivity index (χ1) is 8.67. The summed E-state index contributed by atoms with van der Waals surface area (Å²) in [4.78, 5) is 0. The predicted octanol–water partition coefficient (Wildman–Crippen LogP) is 4.64. The Bertz CT molecular complexity index is 471. The Balaban J connectivity index is 2.48. The second-order valence-electron chi connectivity index (χ2n) is 4.26. The Morgan fingerprint density at radius 3 is 2.67 bits per heavy atom. The van der Waals surface area contributed by atoms with Crippen molar-refractivity contribution in [2.75, 3.05) is 14.2 Å². The van der Waals surface area contributed by atoms with Crippen LogP contribution in [0, 0.1) is 0 Å². The second kappa shape index (κ2) is 5.98. The number of ether oxygens (including phenoxy) is 2. The molecule has 0 aromatic heterocycles. The molecule has 18 heavy (non-hydrogen) atoms. The van der Waals surface area contributed by atoms with Crippen LogP contribution in [0.3, 0.4) is 0 Å². The number of benzene rings is 1. The van der Waals surface area contributed by atoms with E-state index in [0.717, 1.165) is 40.8 Å². The van der Waals surface area contributed by atoms with Gasteiger partial charge in [-0.1, -0.05) is 6.08 Å². The first-order valence-electron chi connectivity index (χ1n) is 5.93. The van der Waals surface area contributed by atoms with Gasteiger partial charge in [-0.05, 0) is 52.9 Å². The van der Waals surface area contributed by atoms with Crippen molar-refractivity contribution in [3.8, 4) is 11.5 Å². The summed E-state index contributed by atoms with van der Waals surface area (Å²) < 4.78 is 11.6. The average Bonchev–Trinajstić information content (AvgIpc) is 2.38. The summed E-state index contributed by atoms with van der Waals surface area (Å²) in [6.07, 6.45) is 5.33. The van der Waals surface area contributed by atoms with E-state index in [2.05, 4.69) is 22.0 Å². The van der Waals surface area contributed by atoms with Gasteiger partial charge in [0, 0.05) is 5.56 Å². The van der Waals surface area contributed by atoms with E-state index in [4.69, 9.17) is 21.1 Å². The van der Waals surface area contributed by atoms with Gasteiger partial charge in [-0.3, -0.25) is 0 Å². The van der Waals surface area contributed by atoms with Gasteiger partial charge in [0.15, 0.2) is 0 Å². The fourth-order valence-electron chi connectivity index (χ4n) is 2.25. The lowest BCUT2D eigenvalue weighted by molar-refractivity contribution is 0.388. The largest absolute Gasteiger partial charge is 0.495 e. The summed E-state index contributed by atoms with van der Waals surface area (Å²) in [7, 11) is 3.32. The summed E-state index contributed by atoms with van der Waals surface area (Å²) in [5.41, 5.74) is 2.34. The molecule has 1 aliphatic rings. The second-order valence-corrected chi connectivity index (χ2v) is 5.62. The van der Waals surface area contributed by atoms with Crippen molar-refractivity contribution in [1.29, 1.82) is 0 Å². The molecule has 4 heteroatoms. The molecule has 0 aliphatic heterocycles. The van der Waals surface area contributed by atoms with Crippen molar-refractivity contribution >= 4 is 33.1 Å². The van der Waals surface area contributed by atoms with Crippen LogP contribution in [0.5, 0.6) is 11.5 Å². The van der Waals surface area contributed by atoms with E-state index in [9.17, 15) is 0 Å². The molecule has 0 fully saturated rings. The van der Waals surface area contributed by atoms with Gasteiger partial charge in [-0.25, -0.2) is 0 Å². The molecule has 98 valence electrons. The topological polar surface area (TPSA) is 18.5 Å². The van der Waals surface area contributed by atoms with E-state index in [0.29, 0.717) is 0 Å². The normalized spacial score (nSPS) is 19.3. The Labute approximate surface area is 121 Å². The van der Waals surface area contributed by atoms with Crippen molar-refractivity contribution in [1.82, 2.24) is 0 Å². The molecule has 0 spiro atoms. The quantitative estimate of drug-likeness (QED) is 0.751. The summed E-state index contributed by atoms with van der Waals surface area (Å²) >= 11 is 9.73. The maximum Gasteiger partial charge on any atom is 0.144 e. The van der Waals surface area contributed by atoms with Gasteiger partial charge in [0.2, 0.25) is 0 Å². The van der Waals surface area contributed by atoms with Gasteiger partial charge >= 0.3 is 0 Å². The maximum absolute atomic E-state index is 6.20. The van der Waals surface area contributed by atoms with Crippen LogP contribution in [0.25, 0.3) is 5.57 Å². The molecule has 0 saturated carbocycles. The smallest absolute Gasteiger partial charge is 0.144 e. The summed E-state index contributed by atoms with van der Waals surface area (Å²) in [5.74, 6) is 1.58. The Morgan fingerprint density at radius 2 is 2.06 bits per heavy atom. The third-order valence-corrected chi connectivity index (χ3v) is 4.23. The number of methoxy groups -OCH3 is 2. The zero-order chi connectivity index (χ0) is 13.1. The van der Waals surface area contributed by atoms with Crippen molar-refractivity contribution in [3.05, 3.63) is 28.2 Å². The van der Waals surface area contributed by atoms with Gasteiger partial charge in [0.25, 0.3) is 0 Å². The van der Waals surface area contributed by atoms with Crippen LogP contribution < -0.4 is 9.47 Å². The molecular formula is C14H16BrClO2. The molecule has 2 rings (SSSR count). The van der Waals surface area contributed by atoms with Gasteiger partial charge in [-0.2, -0.15) is 0 Å². The molecule has 0 radical (unpaired) electrons. The summed E-state index contributed by atoms with van der Waals surface area (Å²) in [6.45, 7) is 0. The first kappa shape index (κ1) is 13.8. The average molecular weight is 332 g/mol. The zero-order valence-corrected chi connectivity index (χ0v) is 12.8. The van der Waals surface area contributed by atoms with Crippen LogP contribution in [0.2, 0.25) is 0 Å². The first-order valence-corrected chi connectivity index (χ1v) is 7.16. The van der Waals surface area contributed by atoms with E-state index in [1.165, 1.54) is 5.57 Å². The fourth-order valence-corrected chi connectivity index (χ4v) is 3.22. The monoisotopic (exact) mass is 330 g/mol. The minimum absolute atomic E-state index is 0.124. The molecule has 1 aliphatic carbocycles. The zero-order valence-electron chi connectivity index (χ0n) is 10.5. The number of rotatable bonds is 3. The van der Waals surface area contributed by atoms with E-state index >= 15 is 0 Å². The van der Waals surface area contributed by atoms with E-state index < -0.39 is 0 Å². The standard InChI is InChI=1S/C14H16BrClO2/c1-17-12-7-6-11(14(18-2)13(12)15)9-4-3-5-10(16)8-9/h6-8,10H,3-5H2,1-2H3. The molecule has 2 nitrogen and oxygen atoms in total. The van der Waals surface area contributed by atoms with Crippen molar-refractivity contribution in [2.24, 2.45) is 0 Å². The Hall–Kier alpha value is -0.670. The van der Waals surface area contributed by atoms with Gasteiger partial charge in [0.1, 0.15) is 16.0 Å². The van der Waals surface area contributed by atoms with Gasteiger partial charge in [-0.15, -0.1) is 11.6 Å². The van der Waals surface area contributed by atoms with Crippen LogP contribution in [-0.4, -0.2) is 19.6 Å². The Kier molecular flexibility index (Phi) is 4.57.